The molecule has 0 amide bonds. The molecular formula is C18H31NO2. The molecule has 1 aliphatic heterocycles. The first-order valence-electron chi connectivity index (χ1n) is 8.32. The van der Waals surface area contributed by atoms with E-state index in [1.807, 2.05) is 7.05 Å². The number of carbonyl (C=O) groups excluding carboxylic acids is 1. The van der Waals surface area contributed by atoms with Crippen molar-refractivity contribution in [3.05, 3.63) is 12.3 Å². The van der Waals surface area contributed by atoms with Crippen LogP contribution in [0.25, 0.3) is 0 Å². The van der Waals surface area contributed by atoms with Gasteiger partial charge in [0.2, 0.25) is 0 Å². The maximum absolute atomic E-state index is 12.4. The quantitative estimate of drug-likeness (QED) is 0.587. The second-order valence-electron chi connectivity index (χ2n) is 7.56. The highest BCUT2D eigenvalue weighted by Gasteiger charge is 2.53. The van der Waals surface area contributed by atoms with Gasteiger partial charge < -0.3 is 4.74 Å². The monoisotopic (exact) mass is 293 g/mol. The Hall–Kier alpha value is -0.830. The van der Waals surface area contributed by atoms with Gasteiger partial charge in [0.1, 0.15) is 11.8 Å². The summed E-state index contributed by atoms with van der Waals surface area (Å²) in [5, 5.41) is 0. The zero-order valence-electron chi connectivity index (χ0n) is 14.5. The molecule has 0 aromatic heterocycles. The Morgan fingerprint density at radius 3 is 2.14 bits per heavy atom. The predicted molar refractivity (Wildman–Crippen MR) is 85.6 cm³/mol. The summed E-state index contributed by atoms with van der Waals surface area (Å²) in [5.74, 6) is 2.74. The van der Waals surface area contributed by atoms with E-state index in [0.29, 0.717) is 29.4 Å². The minimum Gasteiger partial charge on any atom is -0.430 e. The van der Waals surface area contributed by atoms with Crippen LogP contribution in [0, 0.1) is 29.1 Å². The molecule has 3 heteroatoms. The lowest BCUT2D eigenvalue weighted by molar-refractivity contribution is -0.146. The standard InChI is InChI=1S/C18H31NO2/c1-11-12(2)14(4)18(6,13(11)3)15(5)21-17(20)16-9-8-10-19(16)7/h11-14,16H,5,8-10H2,1-4,6-7H3/t11?,12?,13-,14+,16-,18?/m1/s1. The van der Waals surface area contributed by atoms with Gasteiger partial charge in [-0.25, -0.2) is 4.79 Å². The Morgan fingerprint density at radius 2 is 1.71 bits per heavy atom. The molecule has 0 aromatic carbocycles. The number of likely N-dealkylation sites (N-methyl/N-ethyl adjacent to an activating group) is 1. The molecular weight excluding hydrogens is 262 g/mol. The smallest absolute Gasteiger partial charge is 0.328 e. The van der Waals surface area contributed by atoms with Gasteiger partial charge in [-0.3, -0.25) is 4.90 Å². The van der Waals surface area contributed by atoms with Crippen LogP contribution in [0.1, 0.15) is 47.5 Å². The zero-order chi connectivity index (χ0) is 15.9. The number of hydrogen-bond acceptors (Lipinski definition) is 3. The molecule has 1 aliphatic carbocycles. The third-order valence-electron chi connectivity index (χ3n) is 6.92. The van der Waals surface area contributed by atoms with E-state index >= 15 is 0 Å². The molecule has 0 aromatic rings. The summed E-state index contributed by atoms with van der Waals surface area (Å²) in [6, 6.07) is -0.0905. The second kappa shape index (κ2) is 5.75. The number of ether oxygens (including phenoxy) is 1. The minimum absolute atomic E-state index is 0.0905. The van der Waals surface area contributed by atoms with Crippen molar-refractivity contribution in [2.24, 2.45) is 29.1 Å². The maximum Gasteiger partial charge on any atom is 0.328 e. The first-order valence-corrected chi connectivity index (χ1v) is 8.32. The van der Waals surface area contributed by atoms with Crippen LogP contribution in [-0.2, 0) is 9.53 Å². The summed E-state index contributed by atoms with van der Waals surface area (Å²) in [4.78, 5) is 14.5. The Bertz CT molecular complexity index is 417. The van der Waals surface area contributed by atoms with Crippen molar-refractivity contribution in [2.45, 2.75) is 53.5 Å². The van der Waals surface area contributed by atoms with Gasteiger partial charge in [0.25, 0.3) is 0 Å². The number of esters is 1. The molecule has 2 aliphatic rings. The molecule has 0 radical (unpaired) electrons. The van der Waals surface area contributed by atoms with Gasteiger partial charge in [0.15, 0.2) is 0 Å². The van der Waals surface area contributed by atoms with Crippen LogP contribution in [0.15, 0.2) is 12.3 Å². The van der Waals surface area contributed by atoms with Crippen molar-refractivity contribution in [3.63, 3.8) is 0 Å². The van der Waals surface area contributed by atoms with E-state index < -0.39 is 0 Å². The molecule has 1 saturated heterocycles. The molecule has 1 heterocycles. The van der Waals surface area contributed by atoms with E-state index in [0.717, 1.165) is 19.4 Å². The number of rotatable bonds is 3. The van der Waals surface area contributed by atoms with Crippen molar-refractivity contribution in [3.8, 4) is 0 Å². The Morgan fingerprint density at radius 1 is 1.19 bits per heavy atom. The van der Waals surface area contributed by atoms with Crippen LogP contribution in [0.3, 0.4) is 0 Å². The van der Waals surface area contributed by atoms with Gasteiger partial charge in [-0.1, -0.05) is 41.2 Å². The van der Waals surface area contributed by atoms with Crippen LogP contribution < -0.4 is 0 Å². The van der Waals surface area contributed by atoms with Gasteiger partial charge in [0.05, 0.1) is 0 Å². The van der Waals surface area contributed by atoms with Crippen molar-refractivity contribution in [2.75, 3.05) is 13.6 Å². The number of carbonyl (C=O) groups is 1. The van der Waals surface area contributed by atoms with Crippen LogP contribution in [0.2, 0.25) is 0 Å². The fourth-order valence-corrected chi connectivity index (χ4v) is 4.43. The fourth-order valence-electron chi connectivity index (χ4n) is 4.43. The summed E-state index contributed by atoms with van der Waals surface area (Å²) < 4.78 is 5.75. The molecule has 1 saturated carbocycles. The average molecular weight is 293 g/mol. The van der Waals surface area contributed by atoms with Crippen LogP contribution in [0.5, 0.6) is 0 Å². The average Bonchev–Trinajstić information content (AvgIpc) is 2.93. The molecule has 21 heavy (non-hydrogen) atoms. The van der Waals surface area contributed by atoms with Gasteiger partial charge >= 0.3 is 5.97 Å². The fraction of sp³-hybridized carbons (Fsp3) is 0.833. The SMILES string of the molecule is C=C(OC(=O)[C@H]1CCCN1C)C1(C)[C@H](C)C(C)C(C)[C@@H]1C. The highest BCUT2D eigenvalue weighted by Crippen LogP contribution is 2.57. The van der Waals surface area contributed by atoms with Gasteiger partial charge in [-0.05, 0) is 50.1 Å². The summed E-state index contributed by atoms with van der Waals surface area (Å²) in [7, 11) is 1.99. The first-order chi connectivity index (χ1) is 9.71. The first kappa shape index (κ1) is 16.5. The highest BCUT2D eigenvalue weighted by atomic mass is 16.5. The summed E-state index contributed by atoms with van der Waals surface area (Å²) in [6.45, 7) is 16.5. The van der Waals surface area contributed by atoms with Crippen molar-refractivity contribution in [1.82, 2.24) is 4.90 Å². The third kappa shape index (κ3) is 2.54. The topological polar surface area (TPSA) is 29.5 Å². The van der Waals surface area contributed by atoms with E-state index in [1.54, 1.807) is 0 Å². The summed E-state index contributed by atoms with van der Waals surface area (Å²) in [5.41, 5.74) is -0.119. The van der Waals surface area contributed by atoms with Crippen molar-refractivity contribution < 1.29 is 9.53 Å². The van der Waals surface area contributed by atoms with E-state index in [9.17, 15) is 4.79 Å². The Kier molecular flexibility index (Phi) is 4.53. The lowest BCUT2D eigenvalue weighted by Gasteiger charge is -2.36. The molecule has 0 spiro atoms. The molecule has 3 unspecified atom stereocenters. The third-order valence-corrected chi connectivity index (χ3v) is 6.92. The lowest BCUT2D eigenvalue weighted by Crippen LogP contribution is -2.37. The van der Waals surface area contributed by atoms with Crippen LogP contribution >= 0.6 is 0 Å². The molecule has 120 valence electrons. The Balaban J connectivity index is 2.10. The van der Waals surface area contributed by atoms with E-state index in [2.05, 4.69) is 46.1 Å². The largest absolute Gasteiger partial charge is 0.430 e. The minimum atomic E-state index is -0.119. The summed E-state index contributed by atoms with van der Waals surface area (Å²) in [6.07, 6.45) is 1.97. The van der Waals surface area contributed by atoms with Gasteiger partial charge in [0, 0.05) is 5.41 Å². The highest BCUT2D eigenvalue weighted by molar-refractivity contribution is 5.77. The number of hydrogen-bond donors (Lipinski definition) is 0. The number of nitrogens with zero attached hydrogens (tertiary/aromatic N) is 1. The maximum atomic E-state index is 12.4. The van der Waals surface area contributed by atoms with Crippen LogP contribution in [0.4, 0.5) is 0 Å². The number of allylic oxidation sites excluding steroid dienone is 1. The molecule has 2 fully saturated rings. The van der Waals surface area contributed by atoms with Crippen molar-refractivity contribution >= 4 is 5.97 Å². The lowest BCUT2D eigenvalue weighted by atomic mass is 9.72. The number of likely N-dealkylation sites (tertiary alicyclic amines) is 1. The second-order valence-corrected chi connectivity index (χ2v) is 7.56. The van der Waals surface area contributed by atoms with Crippen molar-refractivity contribution in [1.29, 1.82) is 0 Å². The van der Waals surface area contributed by atoms with Gasteiger partial charge in [-0.15, -0.1) is 0 Å². The summed E-state index contributed by atoms with van der Waals surface area (Å²) >= 11 is 0. The zero-order valence-corrected chi connectivity index (χ0v) is 14.5. The van der Waals surface area contributed by atoms with Crippen LogP contribution in [-0.4, -0.2) is 30.5 Å². The normalized spacial score (nSPS) is 44.0. The van der Waals surface area contributed by atoms with Gasteiger partial charge in [-0.2, -0.15) is 0 Å². The Labute approximate surface area is 129 Å². The molecule has 6 atom stereocenters. The van der Waals surface area contributed by atoms with E-state index in [4.69, 9.17) is 4.74 Å². The van der Waals surface area contributed by atoms with E-state index in [1.165, 1.54) is 0 Å². The molecule has 2 rings (SSSR count). The molecule has 0 bridgehead atoms. The predicted octanol–water partition coefficient (Wildman–Crippen LogP) is 3.70. The van der Waals surface area contributed by atoms with E-state index in [-0.39, 0.29) is 17.4 Å². The molecule has 0 N–H and O–H groups in total. The molecule has 3 nitrogen and oxygen atoms in total.